The second kappa shape index (κ2) is 6.05. The zero-order valence-corrected chi connectivity index (χ0v) is 16.0. The van der Waals surface area contributed by atoms with Crippen LogP contribution in [-0.4, -0.2) is 45.7 Å². The molecule has 26 heavy (non-hydrogen) atoms. The fourth-order valence-electron chi connectivity index (χ4n) is 6.94. The summed E-state index contributed by atoms with van der Waals surface area (Å²) in [6.07, 6.45) is 4.94. The maximum Gasteiger partial charge on any atom is 0.302 e. The van der Waals surface area contributed by atoms with Crippen LogP contribution in [-0.2, 0) is 9.53 Å². The van der Waals surface area contributed by atoms with E-state index < -0.39 is 18.3 Å². The number of aliphatic hydroxyl groups excluding tert-OH is 3. The van der Waals surface area contributed by atoms with Gasteiger partial charge in [0.2, 0.25) is 0 Å². The molecule has 4 aliphatic carbocycles. The van der Waals surface area contributed by atoms with Crippen LogP contribution in [0.4, 0.5) is 0 Å². The molecule has 0 aromatic heterocycles. The van der Waals surface area contributed by atoms with Crippen LogP contribution in [0, 0.1) is 28.6 Å². The van der Waals surface area contributed by atoms with Crippen molar-refractivity contribution < 1.29 is 24.9 Å². The number of fused-ring (bicyclic) bond motifs is 5. The van der Waals surface area contributed by atoms with Gasteiger partial charge >= 0.3 is 5.97 Å². The number of aliphatic hydroxyl groups is 3. The molecule has 146 valence electrons. The molecule has 3 unspecified atom stereocenters. The predicted molar refractivity (Wildman–Crippen MR) is 96.0 cm³/mol. The maximum absolute atomic E-state index is 11.3. The molecule has 0 amide bonds. The van der Waals surface area contributed by atoms with Gasteiger partial charge in [-0.15, -0.1) is 0 Å². The molecule has 5 heteroatoms. The Morgan fingerprint density at radius 1 is 1.15 bits per heavy atom. The first-order valence-electron chi connectivity index (χ1n) is 10.1. The minimum absolute atomic E-state index is 0.0143. The van der Waals surface area contributed by atoms with Gasteiger partial charge in [0.25, 0.3) is 0 Å². The Morgan fingerprint density at radius 2 is 1.88 bits per heavy atom. The molecule has 0 bridgehead atoms. The topological polar surface area (TPSA) is 87.0 Å². The third-order valence-corrected chi connectivity index (χ3v) is 8.39. The standard InChI is InChI=1S/C21H32O5/c1-11(22)26-13-4-6-20(2)12(8-13)9-16(23)18-14(20)5-7-21(3)15(18)10-17(24)19(21)25/h9,13-19,23-25H,4-8,10H2,1-3H3/t13-,14?,15?,16+,17+,18?,19-,20-,21-/m0/s1. The summed E-state index contributed by atoms with van der Waals surface area (Å²) in [5.41, 5.74) is 0.935. The molecule has 0 heterocycles. The van der Waals surface area contributed by atoms with Crippen molar-refractivity contribution >= 4 is 5.97 Å². The Kier molecular flexibility index (Phi) is 4.29. The van der Waals surface area contributed by atoms with E-state index in [4.69, 9.17) is 4.74 Å². The lowest BCUT2D eigenvalue weighted by Crippen LogP contribution is -2.55. The summed E-state index contributed by atoms with van der Waals surface area (Å²) in [6, 6.07) is 0. The first kappa shape index (κ1) is 18.5. The number of esters is 1. The van der Waals surface area contributed by atoms with Gasteiger partial charge in [0.1, 0.15) is 6.10 Å². The number of rotatable bonds is 1. The van der Waals surface area contributed by atoms with Crippen molar-refractivity contribution in [2.45, 2.75) is 83.7 Å². The van der Waals surface area contributed by atoms with Gasteiger partial charge in [-0.1, -0.05) is 25.5 Å². The van der Waals surface area contributed by atoms with Crippen molar-refractivity contribution in [2.75, 3.05) is 0 Å². The second-order valence-electron chi connectivity index (χ2n) is 9.66. The van der Waals surface area contributed by atoms with Crippen LogP contribution in [0.15, 0.2) is 11.6 Å². The van der Waals surface area contributed by atoms with Crippen molar-refractivity contribution in [3.8, 4) is 0 Å². The molecular formula is C21H32O5. The van der Waals surface area contributed by atoms with Crippen molar-refractivity contribution in [1.29, 1.82) is 0 Å². The molecule has 5 nitrogen and oxygen atoms in total. The summed E-state index contributed by atoms with van der Waals surface area (Å²) in [7, 11) is 0. The van der Waals surface area contributed by atoms with E-state index in [1.165, 1.54) is 12.5 Å². The number of hydrogen-bond donors (Lipinski definition) is 3. The molecule has 0 saturated heterocycles. The summed E-state index contributed by atoms with van der Waals surface area (Å²) in [5, 5.41) is 31.9. The summed E-state index contributed by atoms with van der Waals surface area (Å²) in [6.45, 7) is 5.84. The lowest BCUT2D eigenvalue weighted by atomic mass is 9.47. The average molecular weight is 364 g/mol. The highest BCUT2D eigenvalue weighted by atomic mass is 16.5. The molecule has 4 rings (SSSR count). The minimum atomic E-state index is -0.696. The Hall–Kier alpha value is -0.910. The van der Waals surface area contributed by atoms with E-state index in [1.54, 1.807) is 0 Å². The summed E-state index contributed by atoms with van der Waals surface area (Å²) < 4.78 is 5.44. The van der Waals surface area contributed by atoms with Gasteiger partial charge in [-0.3, -0.25) is 4.79 Å². The summed E-state index contributed by atoms with van der Waals surface area (Å²) >= 11 is 0. The van der Waals surface area contributed by atoms with E-state index in [1.807, 2.05) is 6.08 Å². The van der Waals surface area contributed by atoms with E-state index in [2.05, 4.69) is 13.8 Å². The van der Waals surface area contributed by atoms with Crippen molar-refractivity contribution in [1.82, 2.24) is 0 Å². The maximum atomic E-state index is 11.3. The summed E-state index contributed by atoms with van der Waals surface area (Å²) in [4.78, 5) is 11.3. The third-order valence-electron chi connectivity index (χ3n) is 8.39. The summed E-state index contributed by atoms with van der Waals surface area (Å²) in [5.74, 6) is 0.337. The molecular weight excluding hydrogens is 332 g/mol. The first-order chi connectivity index (χ1) is 12.2. The normalized spacial score (nSPS) is 53.2. The molecule has 4 aliphatic rings. The molecule has 0 spiro atoms. The van der Waals surface area contributed by atoms with Crippen molar-refractivity contribution in [2.24, 2.45) is 28.6 Å². The van der Waals surface area contributed by atoms with E-state index in [0.717, 1.165) is 25.7 Å². The number of carbonyl (C=O) groups is 1. The zero-order chi connectivity index (χ0) is 18.9. The number of carbonyl (C=O) groups excluding carboxylic acids is 1. The van der Waals surface area contributed by atoms with Crippen molar-refractivity contribution in [3.05, 3.63) is 11.6 Å². The molecule has 0 aromatic carbocycles. The first-order valence-corrected chi connectivity index (χ1v) is 10.1. The van der Waals surface area contributed by atoms with Crippen LogP contribution in [0.5, 0.6) is 0 Å². The SMILES string of the molecule is CC(=O)O[C@H]1CC[C@@]2(C)C(=C[C@@H](O)C3C2CC[C@@]2(C)C3C[C@@H](O)[C@@H]2O)C1. The molecule has 3 N–H and O–H groups in total. The van der Waals surface area contributed by atoms with Gasteiger partial charge in [-0.05, 0) is 60.7 Å². The smallest absolute Gasteiger partial charge is 0.302 e. The molecule has 9 atom stereocenters. The lowest BCUT2D eigenvalue weighted by Gasteiger charge is -2.58. The third kappa shape index (κ3) is 2.50. The second-order valence-corrected chi connectivity index (χ2v) is 9.66. The van der Waals surface area contributed by atoms with Crippen molar-refractivity contribution in [3.63, 3.8) is 0 Å². The van der Waals surface area contributed by atoms with Gasteiger partial charge in [-0.2, -0.15) is 0 Å². The molecule has 0 aromatic rings. The van der Waals surface area contributed by atoms with Gasteiger partial charge in [0.05, 0.1) is 18.3 Å². The largest absolute Gasteiger partial charge is 0.462 e. The van der Waals surface area contributed by atoms with E-state index in [-0.39, 0.29) is 34.7 Å². The Morgan fingerprint density at radius 3 is 2.58 bits per heavy atom. The van der Waals surface area contributed by atoms with Crippen LogP contribution in [0.1, 0.15) is 59.3 Å². The van der Waals surface area contributed by atoms with Gasteiger partial charge < -0.3 is 20.1 Å². The fourth-order valence-corrected chi connectivity index (χ4v) is 6.94. The predicted octanol–water partition coefficient (Wildman–Crippen LogP) is 2.18. The highest BCUT2D eigenvalue weighted by Crippen LogP contribution is 2.64. The van der Waals surface area contributed by atoms with E-state index in [0.29, 0.717) is 18.8 Å². The highest BCUT2D eigenvalue weighted by Gasteiger charge is 2.62. The van der Waals surface area contributed by atoms with Gasteiger partial charge in [0, 0.05) is 13.3 Å². The molecule has 0 radical (unpaired) electrons. The Labute approximate surface area is 155 Å². The number of hydrogen-bond acceptors (Lipinski definition) is 5. The Bertz CT molecular complexity index is 630. The minimum Gasteiger partial charge on any atom is -0.462 e. The number of ether oxygens (including phenoxy) is 1. The monoisotopic (exact) mass is 364 g/mol. The van der Waals surface area contributed by atoms with Gasteiger partial charge in [0.15, 0.2) is 0 Å². The van der Waals surface area contributed by atoms with Gasteiger partial charge in [-0.25, -0.2) is 0 Å². The van der Waals surface area contributed by atoms with Crippen LogP contribution in [0.2, 0.25) is 0 Å². The molecule has 3 saturated carbocycles. The quantitative estimate of drug-likeness (QED) is 0.490. The molecule has 0 aliphatic heterocycles. The van der Waals surface area contributed by atoms with E-state index in [9.17, 15) is 20.1 Å². The lowest BCUT2D eigenvalue weighted by molar-refractivity contribution is -0.149. The van der Waals surface area contributed by atoms with Crippen LogP contribution in [0.3, 0.4) is 0 Å². The van der Waals surface area contributed by atoms with Crippen LogP contribution < -0.4 is 0 Å². The van der Waals surface area contributed by atoms with Crippen LogP contribution >= 0.6 is 0 Å². The average Bonchev–Trinajstić information content (AvgIpc) is 2.79. The molecule has 3 fully saturated rings. The zero-order valence-electron chi connectivity index (χ0n) is 16.0. The van der Waals surface area contributed by atoms with E-state index >= 15 is 0 Å². The fraction of sp³-hybridized carbons (Fsp3) is 0.857. The Balaban J connectivity index is 1.65. The highest BCUT2D eigenvalue weighted by molar-refractivity contribution is 5.66. The van der Waals surface area contributed by atoms with Crippen LogP contribution in [0.25, 0.3) is 0 Å².